The molecule has 0 spiro atoms. The summed E-state index contributed by atoms with van der Waals surface area (Å²) in [5.41, 5.74) is 0. The standard InChI is InChI=1S/C11H15N3O3S/c1-10(15)13-5-7-14(8-6-13)18(16,17)11-3-2-4-12-9-11/h2-4,9H,5-8H2,1H3. The number of amides is 1. The number of rotatable bonds is 2. The van der Waals surface area contributed by atoms with Crippen molar-refractivity contribution < 1.29 is 13.2 Å². The Morgan fingerprint density at radius 2 is 1.94 bits per heavy atom. The Kier molecular flexibility index (Phi) is 3.63. The van der Waals surface area contributed by atoms with E-state index in [1.165, 1.54) is 29.7 Å². The predicted octanol–water partition coefficient (Wildman–Crippen LogP) is -0.0656. The highest BCUT2D eigenvalue weighted by Gasteiger charge is 2.29. The maximum Gasteiger partial charge on any atom is 0.244 e. The summed E-state index contributed by atoms with van der Waals surface area (Å²) in [7, 11) is -3.48. The van der Waals surface area contributed by atoms with Gasteiger partial charge in [0.05, 0.1) is 0 Å². The summed E-state index contributed by atoms with van der Waals surface area (Å²) in [5, 5.41) is 0. The van der Waals surface area contributed by atoms with Crippen molar-refractivity contribution in [3.63, 3.8) is 0 Å². The quantitative estimate of drug-likeness (QED) is 0.754. The first-order valence-electron chi connectivity index (χ1n) is 5.67. The second-order valence-electron chi connectivity index (χ2n) is 4.10. The number of pyridine rings is 1. The molecule has 1 aliphatic rings. The van der Waals surface area contributed by atoms with Gasteiger partial charge in [0, 0.05) is 45.5 Å². The Hall–Kier alpha value is -1.47. The number of nitrogens with zero attached hydrogens (tertiary/aromatic N) is 3. The molecule has 0 atom stereocenters. The summed E-state index contributed by atoms with van der Waals surface area (Å²) in [4.78, 5) is 16.8. The van der Waals surface area contributed by atoms with Crippen LogP contribution in [0.4, 0.5) is 0 Å². The molecular weight excluding hydrogens is 254 g/mol. The Morgan fingerprint density at radius 3 is 2.44 bits per heavy atom. The largest absolute Gasteiger partial charge is 0.340 e. The molecule has 1 aromatic rings. The van der Waals surface area contributed by atoms with E-state index >= 15 is 0 Å². The Bertz CT molecular complexity index is 522. The van der Waals surface area contributed by atoms with Crippen LogP contribution in [0.2, 0.25) is 0 Å². The highest BCUT2D eigenvalue weighted by atomic mass is 32.2. The molecule has 0 radical (unpaired) electrons. The Morgan fingerprint density at radius 1 is 1.28 bits per heavy atom. The molecular formula is C11H15N3O3S. The van der Waals surface area contributed by atoms with Crippen LogP contribution in [0.3, 0.4) is 0 Å². The van der Waals surface area contributed by atoms with Gasteiger partial charge in [-0.3, -0.25) is 9.78 Å². The summed E-state index contributed by atoms with van der Waals surface area (Å²) in [6.07, 6.45) is 2.87. The first kappa shape index (κ1) is 13.0. The fourth-order valence-corrected chi connectivity index (χ4v) is 3.28. The molecule has 1 aliphatic heterocycles. The number of sulfonamides is 1. The van der Waals surface area contributed by atoms with Crippen LogP contribution in [0.1, 0.15) is 6.92 Å². The van der Waals surface area contributed by atoms with Crippen molar-refractivity contribution in [3.05, 3.63) is 24.5 Å². The van der Waals surface area contributed by atoms with Crippen molar-refractivity contribution in [2.24, 2.45) is 0 Å². The fourth-order valence-electron chi connectivity index (χ4n) is 1.89. The molecule has 1 amide bonds. The van der Waals surface area contributed by atoms with Crippen molar-refractivity contribution >= 4 is 15.9 Å². The van der Waals surface area contributed by atoms with Gasteiger partial charge >= 0.3 is 0 Å². The van der Waals surface area contributed by atoms with Crippen molar-refractivity contribution in [1.29, 1.82) is 0 Å². The van der Waals surface area contributed by atoms with Gasteiger partial charge < -0.3 is 4.90 Å². The number of hydrogen-bond acceptors (Lipinski definition) is 4. The van der Waals surface area contributed by atoms with Gasteiger partial charge in [0.1, 0.15) is 4.90 Å². The van der Waals surface area contributed by atoms with Gasteiger partial charge in [-0.15, -0.1) is 0 Å². The molecule has 2 heterocycles. The highest BCUT2D eigenvalue weighted by molar-refractivity contribution is 7.89. The number of hydrogen-bond donors (Lipinski definition) is 0. The van der Waals surface area contributed by atoms with Gasteiger partial charge in [0.15, 0.2) is 0 Å². The van der Waals surface area contributed by atoms with Crippen LogP contribution in [0.15, 0.2) is 29.4 Å². The lowest BCUT2D eigenvalue weighted by molar-refractivity contribution is -0.129. The van der Waals surface area contributed by atoms with E-state index in [1.807, 2.05) is 0 Å². The maximum absolute atomic E-state index is 12.2. The predicted molar refractivity (Wildman–Crippen MR) is 65.2 cm³/mol. The van der Waals surface area contributed by atoms with E-state index in [1.54, 1.807) is 11.0 Å². The molecule has 1 saturated heterocycles. The smallest absolute Gasteiger partial charge is 0.244 e. The lowest BCUT2D eigenvalue weighted by atomic mass is 10.3. The first-order valence-corrected chi connectivity index (χ1v) is 7.11. The minimum Gasteiger partial charge on any atom is -0.340 e. The van der Waals surface area contributed by atoms with E-state index < -0.39 is 10.0 Å². The molecule has 0 saturated carbocycles. The SMILES string of the molecule is CC(=O)N1CCN(S(=O)(=O)c2cccnc2)CC1. The lowest BCUT2D eigenvalue weighted by Crippen LogP contribution is -2.49. The number of aromatic nitrogens is 1. The summed E-state index contributed by atoms with van der Waals surface area (Å²) >= 11 is 0. The monoisotopic (exact) mass is 269 g/mol. The molecule has 18 heavy (non-hydrogen) atoms. The zero-order chi connectivity index (χ0) is 13.2. The van der Waals surface area contributed by atoms with E-state index in [4.69, 9.17) is 0 Å². The van der Waals surface area contributed by atoms with E-state index in [-0.39, 0.29) is 10.8 Å². The molecule has 2 rings (SSSR count). The first-order chi connectivity index (χ1) is 8.51. The molecule has 0 bridgehead atoms. The van der Waals surface area contributed by atoms with Gasteiger partial charge in [0.2, 0.25) is 15.9 Å². The van der Waals surface area contributed by atoms with Crippen LogP contribution in [-0.2, 0) is 14.8 Å². The molecule has 1 fully saturated rings. The molecule has 7 heteroatoms. The van der Waals surface area contributed by atoms with Crippen molar-refractivity contribution in [2.45, 2.75) is 11.8 Å². The molecule has 1 aromatic heterocycles. The topological polar surface area (TPSA) is 70.6 Å². The number of piperazine rings is 1. The van der Waals surface area contributed by atoms with Crippen LogP contribution in [-0.4, -0.2) is 54.7 Å². The third-order valence-electron chi connectivity index (χ3n) is 2.96. The van der Waals surface area contributed by atoms with Crippen LogP contribution >= 0.6 is 0 Å². The van der Waals surface area contributed by atoms with Gasteiger partial charge in [0.25, 0.3) is 0 Å². The average Bonchev–Trinajstić information content (AvgIpc) is 2.40. The average molecular weight is 269 g/mol. The molecule has 0 aromatic carbocycles. The van der Waals surface area contributed by atoms with E-state index in [0.717, 1.165) is 0 Å². The second-order valence-corrected chi connectivity index (χ2v) is 6.04. The highest BCUT2D eigenvalue weighted by Crippen LogP contribution is 2.16. The Labute approximate surface area is 106 Å². The molecule has 0 aliphatic carbocycles. The molecule has 6 nitrogen and oxygen atoms in total. The van der Waals surface area contributed by atoms with Crippen LogP contribution in [0, 0.1) is 0 Å². The number of carbonyl (C=O) groups is 1. The third kappa shape index (κ3) is 2.51. The van der Waals surface area contributed by atoms with E-state index in [2.05, 4.69) is 4.98 Å². The Balaban J connectivity index is 2.12. The summed E-state index contributed by atoms with van der Waals surface area (Å²) in [6.45, 7) is 3.03. The van der Waals surface area contributed by atoms with Crippen molar-refractivity contribution in [2.75, 3.05) is 26.2 Å². The van der Waals surface area contributed by atoms with Gasteiger partial charge in [-0.1, -0.05) is 0 Å². The fraction of sp³-hybridized carbons (Fsp3) is 0.455. The zero-order valence-corrected chi connectivity index (χ0v) is 10.9. The molecule has 0 N–H and O–H groups in total. The van der Waals surface area contributed by atoms with Crippen LogP contribution < -0.4 is 0 Å². The minimum absolute atomic E-state index is 0.0200. The molecule has 98 valence electrons. The van der Waals surface area contributed by atoms with E-state index in [9.17, 15) is 13.2 Å². The second kappa shape index (κ2) is 5.03. The minimum atomic E-state index is -3.48. The van der Waals surface area contributed by atoms with Crippen molar-refractivity contribution in [1.82, 2.24) is 14.2 Å². The maximum atomic E-state index is 12.2. The summed E-state index contributed by atoms with van der Waals surface area (Å²) < 4.78 is 25.9. The van der Waals surface area contributed by atoms with Gasteiger partial charge in [-0.2, -0.15) is 4.31 Å². The lowest BCUT2D eigenvalue weighted by Gasteiger charge is -2.33. The summed E-state index contributed by atoms with van der Waals surface area (Å²) in [6, 6.07) is 3.12. The normalized spacial score (nSPS) is 17.7. The van der Waals surface area contributed by atoms with Crippen LogP contribution in [0.5, 0.6) is 0 Å². The van der Waals surface area contributed by atoms with Gasteiger partial charge in [-0.25, -0.2) is 8.42 Å². The van der Waals surface area contributed by atoms with Gasteiger partial charge in [-0.05, 0) is 12.1 Å². The van der Waals surface area contributed by atoms with E-state index in [0.29, 0.717) is 26.2 Å². The zero-order valence-electron chi connectivity index (χ0n) is 10.1. The van der Waals surface area contributed by atoms with Crippen LogP contribution in [0.25, 0.3) is 0 Å². The third-order valence-corrected chi connectivity index (χ3v) is 4.84. The summed E-state index contributed by atoms with van der Waals surface area (Å²) in [5.74, 6) is -0.0200. The molecule has 0 unspecified atom stereocenters. The van der Waals surface area contributed by atoms with Crippen molar-refractivity contribution in [3.8, 4) is 0 Å². The number of carbonyl (C=O) groups excluding carboxylic acids is 1.